The summed E-state index contributed by atoms with van der Waals surface area (Å²) in [6, 6.07) is 76.4. The SMILES string of the molecule is COc1ccc(N(c2ccc(OC)cc2)c2ccc(-c3ccc(-c4ccc([Si](c5ccccc5)(c5ccccc5)c5ccccc5)cc4)cc3)cc2)cc1. The zero-order chi connectivity index (χ0) is 36.7. The summed E-state index contributed by atoms with van der Waals surface area (Å²) in [6.07, 6.45) is 0. The van der Waals surface area contributed by atoms with Crippen LogP contribution in [0.25, 0.3) is 22.3 Å². The van der Waals surface area contributed by atoms with Crippen LogP contribution in [0, 0.1) is 0 Å². The minimum absolute atomic E-state index is 0.824. The van der Waals surface area contributed by atoms with E-state index >= 15 is 0 Å². The van der Waals surface area contributed by atoms with Gasteiger partial charge >= 0.3 is 0 Å². The molecular formula is C50H41NO2Si. The first kappa shape index (κ1) is 34.5. The summed E-state index contributed by atoms with van der Waals surface area (Å²) in [4.78, 5) is 2.24. The Morgan fingerprint density at radius 1 is 0.296 bits per heavy atom. The standard InChI is InChI=1S/C50H41NO2Si/c1-52-45-32-28-43(29-33-45)51(44-30-34-46(53-2)35-31-44)42-26-22-40(23-27-42)38-18-20-39(21-19-38)41-24-36-50(37-25-41)54(47-12-6-3-7-13-47,48-14-8-4-9-15-48)49-16-10-5-11-17-49/h3-37H,1-2H3. The highest BCUT2D eigenvalue weighted by Crippen LogP contribution is 2.37. The van der Waals surface area contributed by atoms with Crippen LogP contribution in [0.2, 0.25) is 0 Å². The molecule has 0 aliphatic rings. The van der Waals surface area contributed by atoms with Gasteiger partial charge in [-0.15, -0.1) is 0 Å². The summed E-state index contributed by atoms with van der Waals surface area (Å²) in [5.74, 6) is 1.65. The van der Waals surface area contributed by atoms with Gasteiger partial charge in [0, 0.05) is 17.1 Å². The van der Waals surface area contributed by atoms with Crippen LogP contribution in [0.3, 0.4) is 0 Å². The number of nitrogens with zero attached hydrogens (tertiary/aromatic N) is 1. The van der Waals surface area contributed by atoms with E-state index in [1.54, 1.807) is 14.2 Å². The number of benzene rings is 8. The lowest BCUT2D eigenvalue weighted by Crippen LogP contribution is -2.74. The third-order valence-electron chi connectivity index (χ3n) is 10.3. The summed E-state index contributed by atoms with van der Waals surface area (Å²) in [5, 5.41) is 5.50. The van der Waals surface area contributed by atoms with Crippen molar-refractivity contribution in [3.63, 3.8) is 0 Å². The maximum Gasteiger partial charge on any atom is 0.179 e. The Bertz CT molecular complexity index is 2250. The van der Waals surface area contributed by atoms with Crippen molar-refractivity contribution in [2.75, 3.05) is 19.1 Å². The minimum atomic E-state index is -2.56. The Hall–Kier alpha value is -6.62. The van der Waals surface area contributed by atoms with Crippen molar-refractivity contribution in [1.29, 1.82) is 0 Å². The van der Waals surface area contributed by atoms with Crippen LogP contribution < -0.4 is 35.1 Å². The van der Waals surface area contributed by atoms with Crippen LogP contribution >= 0.6 is 0 Å². The van der Waals surface area contributed by atoms with Gasteiger partial charge in [0.15, 0.2) is 8.07 Å². The third kappa shape index (κ3) is 6.71. The molecule has 0 unspecified atom stereocenters. The van der Waals surface area contributed by atoms with Crippen molar-refractivity contribution in [3.05, 3.63) is 212 Å². The number of anilines is 3. The largest absolute Gasteiger partial charge is 0.497 e. The third-order valence-corrected chi connectivity index (χ3v) is 15.1. The van der Waals surface area contributed by atoms with E-state index < -0.39 is 8.07 Å². The molecular weight excluding hydrogens is 675 g/mol. The molecule has 0 N–H and O–H groups in total. The molecule has 4 heteroatoms. The monoisotopic (exact) mass is 715 g/mol. The number of hydrogen-bond acceptors (Lipinski definition) is 3. The lowest BCUT2D eigenvalue weighted by Gasteiger charge is -2.34. The van der Waals surface area contributed by atoms with Gasteiger partial charge in [-0.05, 0) is 104 Å². The molecule has 262 valence electrons. The second kappa shape index (κ2) is 15.5. The van der Waals surface area contributed by atoms with E-state index in [9.17, 15) is 0 Å². The fourth-order valence-corrected chi connectivity index (χ4v) is 12.3. The van der Waals surface area contributed by atoms with E-state index in [0.717, 1.165) is 34.1 Å². The van der Waals surface area contributed by atoms with Gasteiger partial charge < -0.3 is 14.4 Å². The molecule has 0 aromatic heterocycles. The highest BCUT2D eigenvalue weighted by Gasteiger charge is 2.41. The van der Waals surface area contributed by atoms with Crippen LogP contribution in [0.5, 0.6) is 11.5 Å². The second-order valence-electron chi connectivity index (χ2n) is 13.3. The predicted octanol–water partition coefficient (Wildman–Crippen LogP) is 9.88. The van der Waals surface area contributed by atoms with Crippen LogP contribution in [-0.2, 0) is 0 Å². The first-order valence-corrected chi connectivity index (χ1v) is 20.2. The highest BCUT2D eigenvalue weighted by atomic mass is 28.3. The average molecular weight is 716 g/mol. The highest BCUT2D eigenvalue weighted by molar-refractivity contribution is 7.19. The molecule has 8 rings (SSSR count). The fraction of sp³-hybridized carbons (Fsp3) is 0.0400. The quantitative estimate of drug-likeness (QED) is 0.0984. The number of methoxy groups -OCH3 is 2. The van der Waals surface area contributed by atoms with Gasteiger partial charge in [0.2, 0.25) is 0 Å². The molecule has 0 aliphatic heterocycles. The van der Waals surface area contributed by atoms with Gasteiger partial charge in [0.25, 0.3) is 0 Å². The molecule has 0 saturated carbocycles. The molecule has 54 heavy (non-hydrogen) atoms. The zero-order valence-corrected chi connectivity index (χ0v) is 31.5. The van der Waals surface area contributed by atoms with E-state index in [4.69, 9.17) is 9.47 Å². The van der Waals surface area contributed by atoms with Crippen LogP contribution in [0.4, 0.5) is 17.1 Å². The molecule has 8 aromatic rings. The molecule has 0 aliphatic carbocycles. The molecule has 0 radical (unpaired) electrons. The Kier molecular flexibility index (Phi) is 9.92. The van der Waals surface area contributed by atoms with E-state index in [1.807, 2.05) is 24.3 Å². The Morgan fingerprint density at radius 2 is 0.556 bits per heavy atom. The maximum atomic E-state index is 5.43. The van der Waals surface area contributed by atoms with Gasteiger partial charge in [-0.2, -0.15) is 0 Å². The summed E-state index contributed by atoms with van der Waals surface area (Å²) < 4.78 is 10.9. The van der Waals surface area contributed by atoms with Gasteiger partial charge in [-0.1, -0.05) is 152 Å². The fourth-order valence-electron chi connectivity index (χ4n) is 7.55. The molecule has 0 heterocycles. The molecule has 0 bridgehead atoms. The van der Waals surface area contributed by atoms with Crippen molar-refractivity contribution in [3.8, 4) is 33.8 Å². The van der Waals surface area contributed by atoms with E-state index in [0.29, 0.717) is 0 Å². The van der Waals surface area contributed by atoms with Gasteiger partial charge in [-0.25, -0.2) is 0 Å². The first-order valence-electron chi connectivity index (χ1n) is 18.2. The van der Waals surface area contributed by atoms with Crippen molar-refractivity contribution < 1.29 is 9.47 Å². The maximum absolute atomic E-state index is 5.43. The minimum Gasteiger partial charge on any atom is -0.497 e. The summed E-state index contributed by atoms with van der Waals surface area (Å²) in [7, 11) is 0.820. The number of hydrogen-bond donors (Lipinski definition) is 0. The lowest BCUT2D eigenvalue weighted by atomic mass is 10.00. The topological polar surface area (TPSA) is 21.7 Å². The molecule has 0 saturated heterocycles. The number of ether oxygens (including phenoxy) is 2. The molecule has 0 fully saturated rings. The Labute approximate surface area is 319 Å². The molecule has 0 atom stereocenters. The van der Waals surface area contributed by atoms with Gasteiger partial charge in [0.1, 0.15) is 11.5 Å². The van der Waals surface area contributed by atoms with E-state index in [-0.39, 0.29) is 0 Å². The summed E-state index contributed by atoms with van der Waals surface area (Å²) in [5.41, 5.74) is 7.87. The summed E-state index contributed by atoms with van der Waals surface area (Å²) in [6.45, 7) is 0. The Balaban J connectivity index is 1.09. The van der Waals surface area contributed by atoms with Crippen LogP contribution in [0.15, 0.2) is 212 Å². The second-order valence-corrected chi connectivity index (χ2v) is 17.1. The average Bonchev–Trinajstić information content (AvgIpc) is 3.26. The molecule has 8 aromatic carbocycles. The normalized spacial score (nSPS) is 11.1. The summed E-state index contributed by atoms with van der Waals surface area (Å²) >= 11 is 0. The van der Waals surface area contributed by atoms with E-state index in [2.05, 4.69) is 193 Å². The lowest BCUT2D eigenvalue weighted by molar-refractivity contribution is 0.415. The first-order chi connectivity index (χ1) is 26.7. The smallest absolute Gasteiger partial charge is 0.179 e. The van der Waals surface area contributed by atoms with Crippen LogP contribution in [-0.4, -0.2) is 22.3 Å². The van der Waals surface area contributed by atoms with Crippen LogP contribution in [0.1, 0.15) is 0 Å². The van der Waals surface area contributed by atoms with E-state index in [1.165, 1.54) is 37.4 Å². The van der Waals surface area contributed by atoms with Crippen molar-refractivity contribution >= 4 is 45.9 Å². The molecule has 0 amide bonds. The predicted molar refractivity (Wildman–Crippen MR) is 229 cm³/mol. The van der Waals surface area contributed by atoms with Crippen molar-refractivity contribution in [1.82, 2.24) is 0 Å². The zero-order valence-electron chi connectivity index (χ0n) is 30.5. The van der Waals surface area contributed by atoms with Gasteiger partial charge in [0.05, 0.1) is 14.2 Å². The molecule has 0 spiro atoms. The van der Waals surface area contributed by atoms with Crippen molar-refractivity contribution in [2.45, 2.75) is 0 Å². The molecule has 3 nitrogen and oxygen atoms in total. The van der Waals surface area contributed by atoms with Crippen molar-refractivity contribution in [2.24, 2.45) is 0 Å². The van der Waals surface area contributed by atoms with Gasteiger partial charge in [-0.3, -0.25) is 0 Å². The Morgan fingerprint density at radius 3 is 0.870 bits per heavy atom. The number of rotatable bonds is 11.